The summed E-state index contributed by atoms with van der Waals surface area (Å²) in [5.74, 6) is 0.752. The van der Waals surface area contributed by atoms with Crippen molar-refractivity contribution in [1.82, 2.24) is 4.90 Å². The summed E-state index contributed by atoms with van der Waals surface area (Å²) < 4.78 is 0. The van der Waals surface area contributed by atoms with E-state index in [2.05, 4.69) is 28.7 Å². The summed E-state index contributed by atoms with van der Waals surface area (Å²) in [6.45, 7) is 5.42. The predicted octanol–water partition coefficient (Wildman–Crippen LogP) is 2.31. The van der Waals surface area contributed by atoms with Gasteiger partial charge in [0.15, 0.2) is 0 Å². The minimum absolute atomic E-state index is 0.582. The van der Waals surface area contributed by atoms with Gasteiger partial charge in [0.2, 0.25) is 0 Å². The van der Waals surface area contributed by atoms with Crippen LogP contribution in [-0.2, 0) is 6.54 Å². The summed E-state index contributed by atoms with van der Waals surface area (Å²) in [5.41, 5.74) is 7.31. The molecule has 1 aromatic rings. The lowest BCUT2D eigenvalue weighted by Crippen LogP contribution is -2.47. The summed E-state index contributed by atoms with van der Waals surface area (Å²) in [6, 6.07) is 2.80. The van der Waals surface area contributed by atoms with E-state index in [0.29, 0.717) is 6.04 Å². The second kappa shape index (κ2) is 5.10. The Hall–Kier alpha value is -0.380. The molecule has 1 aliphatic heterocycles. The van der Waals surface area contributed by atoms with Crippen LogP contribution in [0.15, 0.2) is 16.8 Å². The standard InChI is InChI=1S/C12H20N2S/c1-10-3-2-5-14(12(10)7-13)8-11-4-6-15-9-11/h4,6,9-10,12H,2-3,5,7-8,13H2,1H3. The molecule has 0 spiro atoms. The van der Waals surface area contributed by atoms with Crippen LogP contribution in [-0.4, -0.2) is 24.0 Å². The van der Waals surface area contributed by atoms with Crippen molar-refractivity contribution >= 4 is 11.3 Å². The van der Waals surface area contributed by atoms with Crippen molar-refractivity contribution in [2.45, 2.75) is 32.4 Å². The van der Waals surface area contributed by atoms with Crippen LogP contribution >= 0.6 is 11.3 Å². The average Bonchev–Trinajstić information content (AvgIpc) is 2.71. The van der Waals surface area contributed by atoms with Gasteiger partial charge in [-0.1, -0.05) is 6.92 Å². The van der Waals surface area contributed by atoms with Crippen molar-refractivity contribution in [3.63, 3.8) is 0 Å². The first kappa shape index (κ1) is 11.1. The Labute approximate surface area is 96.1 Å². The van der Waals surface area contributed by atoms with E-state index in [1.54, 1.807) is 11.3 Å². The first-order valence-corrected chi connectivity index (χ1v) is 6.70. The Morgan fingerprint density at radius 1 is 1.60 bits per heavy atom. The smallest absolute Gasteiger partial charge is 0.0247 e. The van der Waals surface area contributed by atoms with Crippen LogP contribution in [0.3, 0.4) is 0 Å². The zero-order valence-electron chi connectivity index (χ0n) is 9.36. The monoisotopic (exact) mass is 224 g/mol. The molecule has 2 heterocycles. The number of piperidine rings is 1. The summed E-state index contributed by atoms with van der Waals surface area (Å²) >= 11 is 1.78. The van der Waals surface area contributed by atoms with E-state index in [1.807, 2.05) is 0 Å². The molecule has 0 amide bonds. The molecule has 0 saturated carbocycles. The fraction of sp³-hybridized carbons (Fsp3) is 0.667. The quantitative estimate of drug-likeness (QED) is 0.853. The van der Waals surface area contributed by atoms with Gasteiger partial charge in [-0.05, 0) is 47.7 Å². The van der Waals surface area contributed by atoms with Gasteiger partial charge in [0.05, 0.1) is 0 Å². The van der Waals surface area contributed by atoms with Crippen molar-refractivity contribution in [2.75, 3.05) is 13.1 Å². The molecule has 0 radical (unpaired) electrons. The molecule has 1 aliphatic rings. The molecule has 15 heavy (non-hydrogen) atoms. The Morgan fingerprint density at radius 2 is 2.47 bits per heavy atom. The molecule has 3 heteroatoms. The second-order valence-corrected chi connectivity index (χ2v) is 5.30. The van der Waals surface area contributed by atoms with Crippen LogP contribution in [0.25, 0.3) is 0 Å². The maximum Gasteiger partial charge on any atom is 0.0247 e. The maximum atomic E-state index is 5.87. The number of hydrogen-bond acceptors (Lipinski definition) is 3. The van der Waals surface area contributed by atoms with Gasteiger partial charge in [0.1, 0.15) is 0 Å². The number of nitrogens with two attached hydrogens (primary N) is 1. The lowest BCUT2D eigenvalue weighted by Gasteiger charge is -2.39. The van der Waals surface area contributed by atoms with E-state index in [-0.39, 0.29) is 0 Å². The molecular weight excluding hydrogens is 204 g/mol. The van der Waals surface area contributed by atoms with Gasteiger partial charge in [-0.25, -0.2) is 0 Å². The molecule has 2 rings (SSSR count). The fourth-order valence-electron chi connectivity index (χ4n) is 2.53. The molecule has 0 aliphatic carbocycles. The van der Waals surface area contributed by atoms with E-state index in [1.165, 1.54) is 24.9 Å². The molecule has 2 atom stereocenters. The summed E-state index contributed by atoms with van der Waals surface area (Å²) in [5, 5.41) is 4.40. The van der Waals surface area contributed by atoms with Gasteiger partial charge in [-0.3, -0.25) is 4.90 Å². The molecule has 2 unspecified atom stereocenters. The third kappa shape index (κ3) is 2.60. The average molecular weight is 224 g/mol. The van der Waals surface area contributed by atoms with Gasteiger partial charge in [0.25, 0.3) is 0 Å². The van der Waals surface area contributed by atoms with Crippen LogP contribution in [0, 0.1) is 5.92 Å². The minimum atomic E-state index is 0.582. The number of rotatable bonds is 3. The highest BCUT2D eigenvalue weighted by Crippen LogP contribution is 2.24. The lowest BCUT2D eigenvalue weighted by molar-refractivity contribution is 0.0992. The van der Waals surface area contributed by atoms with Crippen molar-refractivity contribution in [2.24, 2.45) is 11.7 Å². The third-order valence-electron chi connectivity index (χ3n) is 3.44. The molecule has 1 aromatic heterocycles. The summed E-state index contributed by atoms with van der Waals surface area (Å²) in [4.78, 5) is 2.55. The zero-order valence-corrected chi connectivity index (χ0v) is 10.2. The van der Waals surface area contributed by atoms with Crippen LogP contribution in [0.1, 0.15) is 25.3 Å². The first-order chi connectivity index (χ1) is 7.31. The Bertz CT molecular complexity index is 284. The van der Waals surface area contributed by atoms with Crippen molar-refractivity contribution < 1.29 is 0 Å². The number of likely N-dealkylation sites (tertiary alicyclic amines) is 1. The Balaban J connectivity index is 2.00. The Morgan fingerprint density at radius 3 is 3.13 bits per heavy atom. The minimum Gasteiger partial charge on any atom is -0.329 e. The molecule has 2 N–H and O–H groups in total. The molecule has 2 nitrogen and oxygen atoms in total. The van der Waals surface area contributed by atoms with Crippen molar-refractivity contribution in [1.29, 1.82) is 0 Å². The molecule has 1 fully saturated rings. The van der Waals surface area contributed by atoms with Crippen LogP contribution in [0.2, 0.25) is 0 Å². The van der Waals surface area contributed by atoms with Crippen LogP contribution < -0.4 is 5.73 Å². The second-order valence-electron chi connectivity index (χ2n) is 4.52. The highest BCUT2D eigenvalue weighted by atomic mass is 32.1. The molecular formula is C12H20N2S. The first-order valence-electron chi connectivity index (χ1n) is 5.76. The largest absolute Gasteiger partial charge is 0.329 e. The fourth-order valence-corrected chi connectivity index (χ4v) is 3.19. The van der Waals surface area contributed by atoms with Gasteiger partial charge in [-0.2, -0.15) is 11.3 Å². The van der Waals surface area contributed by atoms with Gasteiger partial charge < -0.3 is 5.73 Å². The predicted molar refractivity (Wildman–Crippen MR) is 66.0 cm³/mol. The third-order valence-corrected chi connectivity index (χ3v) is 4.17. The molecule has 84 valence electrons. The van der Waals surface area contributed by atoms with E-state index < -0.39 is 0 Å². The lowest BCUT2D eigenvalue weighted by atomic mass is 9.90. The van der Waals surface area contributed by atoms with Gasteiger partial charge in [-0.15, -0.1) is 0 Å². The summed E-state index contributed by atoms with van der Waals surface area (Å²) in [7, 11) is 0. The number of hydrogen-bond donors (Lipinski definition) is 1. The maximum absolute atomic E-state index is 5.87. The SMILES string of the molecule is CC1CCCN(Cc2ccsc2)C1CN. The normalized spacial score (nSPS) is 28.1. The van der Waals surface area contributed by atoms with E-state index >= 15 is 0 Å². The highest BCUT2D eigenvalue weighted by Gasteiger charge is 2.26. The zero-order chi connectivity index (χ0) is 10.7. The van der Waals surface area contributed by atoms with Crippen LogP contribution in [0.5, 0.6) is 0 Å². The number of nitrogens with zero attached hydrogens (tertiary/aromatic N) is 1. The molecule has 1 saturated heterocycles. The van der Waals surface area contributed by atoms with Crippen molar-refractivity contribution in [3.05, 3.63) is 22.4 Å². The number of thiophene rings is 1. The van der Waals surface area contributed by atoms with Gasteiger partial charge >= 0.3 is 0 Å². The van der Waals surface area contributed by atoms with E-state index in [0.717, 1.165) is 19.0 Å². The van der Waals surface area contributed by atoms with Crippen molar-refractivity contribution in [3.8, 4) is 0 Å². The Kier molecular flexibility index (Phi) is 3.78. The van der Waals surface area contributed by atoms with E-state index in [4.69, 9.17) is 5.73 Å². The van der Waals surface area contributed by atoms with Crippen LogP contribution in [0.4, 0.5) is 0 Å². The summed E-state index contributed by atoms with van der Waals surface area (Å²) in [6.07, 6.45) is 2.66. The topological polar surface area (TPSA) is 29.3 Å². The molecule has 0 bridgehead atoms. The van der Waals surface area contributed by atoms with E-state index in [9.17, 15) is 0 Å². The van der Waals surface area contributed by atoms with Gasteiger partial charge in [0, 0.05) is 19.1 Å². The highest BCUT2D eigenvalue weighted by molar-refractivity contribution is 7.07. The molecule has 0 aromatic carbocycles.